The molecule has 1 aromatic heterocycles. The fourth-order valence-electron chi connectivity index (χ4n) is 1.68. The molecule has 0 atom stereocenters. The van der Waals surface area contributed by atoms with E-state index in [4.69, 9.17) is 9.26 Å². The number of nitrogens with zero attached hydrogens (tertiary/aromatic N) is 1. The number of carbonyl (C=O) groups is 1. The van der Waals surface area contributed by atoms with E-state index in [1.165, 1.54) is 0 Å². The molecule has 1 amide bonds. The molecule has 0 saturated carbocycles. The van der Waals surface area contributed by atoms with Crippen LogP contribution in [0.5, 0.6) is 5.75 Å². The third-order valence-corrected chi connectivity index (χ3v) is 2.69. The summed E-state index contributed by atoms with van der Waals surface area (Å²) in [5.74, 6) is 1.39. The molecule has 19 heavy (non-hydrogen) atoms. The second kappa shape index (κ2) is 6.04. The van der Waals surface area contributed by atoms with Gasteiger partial charge >= 0.3 is 0 Å². The monoisotopic (exact) mass is 260 g/mol. The molecule has 1 heterocycles. The van der Waals surface area contributed by atoms with E-state index in [1.54, 1.807) is 31.4 Å². The van der Waals surface area contributed by atoms with Gasteiger partial charge in [-0.05, 0) is 31.2 Å². The summed E-state index contributed by atoms with van der Waals surface area (Å²) in [7, 11) is 1.59. The van der Waals surface area contributed by atoms with Gasteiger partial charge in [-0.1, -0.05) is 5.16 Å². The maximum Gasteiger partial charge on any atom is 0.251 e. The van der Waals surface area contributed by atoms with Crippen LogP contribution in [0.25, 0.3) is 0 Å². The predicted octanol–water partition coefficient (Wildman–Crippen LogP) is 1.96. The number of carbonyl (C=O) groups excluding carboxylic acids is 1. The number of ether oxygens (including phenoxy) is 1. The summed E-state index contributed by atoms with van der Waals surface area (Å²) in [5.41, 5.74) is 1.45. The lowest BCUT2D eigenvalue weighted by Crippen LogP contribution is -2.25. The molecular weight excluding hydrogens is 244 g/mol. The Morgan fingerprint density at radius 2 is 2.11 bits per heavy atom. The lowest BCUT2D eigenvalue weighted by Gasteiger charge is -2.04. The number of aromatic nitrogens is 1. The van der Waals surface area contributed by atoms with Gasteiger partial charge in [-0.2, -0.15) is 0 Å². The third kappa shape index (κ3) is 3.58. The van der Waals surface area contributed by atoms with Crippen molar-refractivity contribution in [2.75, 3.05) is 13.7 Å². The molecule has 0 aliphatic heterocycles. The van der Waals surface area contributed by atoms with Crippen molar-refractivity contribution in [3.8, 4) is 5.75 Å². The minimum atomic E-state index is -0.112. The Morgan fingerprint density at radius 1 is 1.37 bits per heavy atom. The summed E-state index contributed by atoms with van der Waals surface area (Å²) in [6.45, 7) is 2.38. The number of hydrogen-bond acceptors (Lipinski definition) is 4. The van der Waals surface area contributed by atoms with Gasteiger partial charge < -0.3 is 14.6 Å². The van der Waals surface area contributed by atoms with Crippen molar-refractivity contribution in [1.29, 1.82) is 0 Å². The first-order valence-electron chi connectivity index (χ1n) is 6.03. The maximum atomic E-state index is 11.8. The Labute approximate surface area is 111 Å². The van der Waals surface area contributed by atoms with Crippen molar-refractivity contribution in [3.63, 3.8) is 0 Å². The first kappa shape index (κ1) is 13.1. The van der Waals surface area contributed by atoms with Crippen LogP contribution in [-0.4, -0.2) is 24.7 Å². The fraction of sp³-hybridized carbons (Fsp3) is 0.286. The normalized spacial score (nSPS) is 10.2. The smallest absolute Gasteiger partial charge is 0.251 e. The molecule has 100 valence electrons. The molecular formula is C14H16N2O3. The van der Waals surface area contributed by atoms with Gasteiger partial charge in [0, 0.05) is 24.6 Å². The molecule has 5 heteroatoms. The highest BCUT2D eigenvalue weighted by Gasteiger charge is 2.06. The molecule has 1 N–H and O–H groups in total. The molecule has 0 spiro atoms. The van der Waals surface area contributed by atoms with Crippen LogP contribution in [0, 0.1) is 6.92 Å². The Hall–Kier alpha value is -2.30. The molecule has 0 bridgehead atoms. The van der Waals surface area contributed by atoms with Crippen molar-refractivity contribution < 1.29 is 14.1 Å². The molecule has 1 aromatic carbocycles. The van der Waals surface area contributed by atoms with Crippen molar-refractivity contribution in [1.82, 2.24) is 10.5 Å². The summed E-state index contributed by atoms with van der Waals surface area (Å²) in [5, 5.41) is 6.62. The zero-order valence-electron chi connectivity index (χ0n) is 11.0. The molecule has 0 unspecified atom stereocenters. The first-order valence-corrected chi connectivity index (χ1v) is 6.03. The standard InChI is InChI=1S/C14H16N2O3/c1-10-9-13(19-16-10)7-8-15-14(17)11-3-5-12(18-2)6-4-11/h3-6,9H,7-8H2,1-2H3,(H,15,17). The van der Waals surface area contributed by atoms with E-state index in [9.17, 15) is 4.79 Å². The van der Waals surface area contributed by atoms with Crippen LogP contribution in [0.2, 0.25) is 0 Å². The van der Waals surface area contributed by atoms with E-state index in [2.05, 4.69) is 10.5 Å². The van der Waals surface area contributed by atoms with Gasteiger partial charge in [0.05, 0.1) is 12.8 Å². The van der Waals surface area contributed by atoms with Gasteiger partial charge in [0.2, 0.25) is 0 Å². The van der Waals surface area contributed by atoms with Gasteiger partial charge in [0.1, 0.15) is 11.5 Å². The van der Waals surface area contributed by atoms with Gasteiger partial charge in [-0.25, -0.2) is 0 Å². The second-order valence-corrected chi connectivity index (χ2v) is 4.17. The van der Waals surface area contributed by atoms with Crippen molar-refractivity contribution in [2.45, 2.75) is 13.3 Å². The highest BCUT2D eigenvalue weighted by Crippen LogP contribution is 2.11. The number of methoxy groups -OCH3 is 1. The van der Waals surface area contributed by atoms with Crippen LogP contribution in [0.1, 0.15) is 21.8 Å². The van der Waals surface area contributed by atoms with Crippen LogP contribution in [0.15, 0.2) is 34.9 Å². The van der Waals surface area contributed by atoms with E-state index in [1.807, 2.05) is 13.0 Å². The summed E-state index contributed by atoms with van der Waals surface area (Å²) >= 11 is 0. The Kier molecular flexibility index (Phi) is 4.18. The van der Waals surface area contributed by atoms with E-state index in [0.717, 1.165) is 17.2 Å². The topological polar surface area (TPSA) is 64.4 Å². The highest BCUT2D eigenvalue weighted by atomic mass is 16.5. The predicted molar refractivity (Wildman–Crippen MR) is 70.3 cm³/mol. The fourth-order valence-corrected chi connectivity index (χ4v) is 1.68. The average Bonchev–Trinajstić information content (AvgIpc) is 2.84. The molecule has 0 radical (unpaired) electrons. The van der Waals surface area contributed by atoms with Crippen LogP contribution in [-0.2, 0) is 6.42 Å². The Morgan fingerprint density at radius 3 is 2.68 bits per heavy atom. The highest BCUT2D eigenvalue weighted by molar-refractivity contribution is 5.94. The molecule has 5 nitrogen and oxygen atoms in total. The van der Waals surface area contributed by atoms with E-state index in [-0.39, 0.29) is 5.91 Å². The molecule has 0 fully saturated rings. The van der Waals surface area contributed by atoms with Crippen molar-refractivity contribution >= 4 is 5.91 Å². The molecule has 0 aliphatic carbocycles. The van der Waals surface area contributed by atoms with Crippen LogP contribution in [0.4, 0.5) is 0 Å². The minimum absolute atomic E-state index is 0.112. The Balaban J connectivity index is 1.83. The first-order chi connectivity index (χ1) is 9.19. The number of rotatable bonds is 5. The third-order valence-electron chi connectivity index (χ3n) is 2.69. The zero-order valence-corrected chi connectivity index (χ0v) is 11.0. The van der Waals surface area contributed by atoms with E-state index in [0.29, 0.717) is 18.5 Å². The average molecular weight is 260 g/mol. The van der Waals surface area contributed by atoms with Crippen molar-refractivity contribution in [2.24, 2.45) is 0 Å². The number of amides is 1. The Bertz CT molecular complexity index is 546. The van der Waals surface area contributed by atoms with Crippen LogP contribution >= 0.6 is 0 Å². The summed E-state index contributed by atoms with van der Waals surface area (Å²) in [6, 6.07) is 8.84. The number of hydrogen-bond donors (Lipinski definition) is 1. The van der Waals surface area contributed by atoms with Gasteiger partial charge in [-0.15, -0.1) is 0 Å². The molecule has 0 aliphatic rings. The molecule has 2 rings (SSSR count). The minimum Gasteiger partial charge on any atom is -0.497 e. The summed E-state index contributed by atoms with van der Waals surface area (Å²) < 4.78 is 10.1. The largest absolute Gasteiger partial charge is 0.497 e. The van der Waals surface area contributed by atoms with E-state index >= 15 is 0 Å². The summed E-state index contributed by atoms with van der Waals surface area (Å²) in [6.07, 6.45) is 0.628. The van der Waals surface area contributed by atoms with Gasteiger partial charge in [0.15, 0.2) is 0 Å². The van der Waals surface area contributed by atoms with Gasteiger partial charge in [0.25, 0.3) is 5.91 Å². The van der Waals surface area contributed by atoms with Gasteiger partial charge in [-0.3, -0.25) is 4.79 Å². The summed E-state index contributed by atoms with van der Waals surface area (Å²) in [4.78, 5) is 11.8. The zero-order chi connectivity index (χ0) is 13.7. The SMILES string of the molecule is COc1ccc(C(=O)NCCc2cc(C)no2)cc1. The quantitative estimate of drug-likeness (QED) is 0.892. The van der Waals surface area contributed by atoms with Crippen molar-refractivity contribution in [3.05, 3.63) is 47.3 Å². The maximum absolute atomic E-state index is 11.8. The van der Waals surface area contributed by atoms with E-state index < -0.39 is 0 Å². The van der Waals surface area contributed by atoms with Crippen LogP contribution in [0.3, 0.4) is 0 Å². The van der Waals surface area contributed by atoms with Crippen LogP contribution < -0.4 is 10.1 Å². The lowest BCUT2D eigenvalue weighted by molar-refractivity contribution is 0.0953. The lowest BCUT2D eigenvalue weighted by atomic mass is 10.2. The molecule has 2 aromatic rings. The molecule has 0 saturated heterocycles. The number of benzene rings is 1. The number of aryl methyl sites for hydroxylation is 1. The number of nitrogens with one attached hydrogen (secondary N) is 1. The second-order valence-electron chi connectivity index (χ2n) is 4.17.